The molecule has 0 atom stereocenters. The van der Waals surface area contributed by atoms with Crippen LogP contribution in [-0.4, -0.2) is 74.6 Å². The molecule has 0 saturated carbocycles. The third-order valence-corrected chi connectivity index (χ3v) is 3.77. The minimum atomic E-state index is -0.0847. The van der Waals surface area contributed by atoms with Gasteiger partial charge in [0.15, 0.2) is 5.96 Å². The van der Waals surface area contributed by atoms with Crippen molar-refractivity contribution < 1.29 is 9.84 Å². The number of likely N-dealkylation sites (tertiary alicyclic amines) is 1. The topological polar surface area (TPSA) is 69.1 Å². The zero-order chi connectivity index (χ0) is 16.0. The quantitative estimate of drug-likeness (QED) is 0.316. The summed E-state index contributed by atoms with van der Waals surface area (Å²) >= 11 is 0. The van der Waals surface area contributed by atoms with Crippen molar-refractivity contribution in [3.05, 3.63) is 0 Å². The van der Waals surface area contributed by atoms with Crippen molar-refractivity contribution in [1.82, 2.24) is 15.5 Å². The first-order valence-corrected chi connectivity index (χ1v) is 8.76. The summed E-state index contributed by atoms with van der Waals surface area (Å²) in [5.74, 6) is 0.896. The number of nitrogens with one attached hydrogen (secondary N) is 2. The van der Waals surface area contributed by atoms with Crippen LogP contribution in [0.4, 0.5) is 0 Å². The van der Waals surface area contributed by atoms with Crippen LogP contribution in [0, 0.1) is 0 Å². The number of rotatable bonds is 10. The molecule has 130 valence electrons. The minimum Gasteiger partial charge on any atom is -0.393 e. The molecule has 6 nitrogen and oxygen atoms in total. The van der Waals surface area contributed by atoms with E-state index in [1.807, 2.05) is 6.92 Å². The lowest BCUT2D eigenvalue weighted by atomic mass is 10.1. The second kappa shape index (κ2) is 12.7. The molecule has 0 aromatic heterocycles. The zero-order valence-electron chi connectivity index (χ0n) is 14.3. The molecule has 1 saturated heterocycles. The summed E-state index contributed by atoms with van der Waals surface area (Å²) in [5.41, 5.74) is 0. The number of ether oxygens (including phenoxy) is 1. The normalized spacial score (nSPS) is 17.7. The van der Waals surface area contributed by atoms with Gasteiger partial charge in [0.2, 0.25) is 0 Å². The molecule has 0 spiro atoms. The van der Waals surface area contributed by atoms with Gasteiger partial charge in [0.25, 0.3) is 0 Å². The van der Waals surface area contributed by atoms with Gasteiger partial charge in [-0.05, 0) is 46.1 Å². The van der Waals surface area contributed by atoms with Gasteiger partial charge in [-0.15, -0.1) is 0 Å². The van der Waals surface area contributed by atoms with Crippen LogP contribution in [0.3, 0.4) is 0 Å². The SMILES string of the molecule is CCNC(=NCCCOCC)NCCCN1CCC(O)CC1. The van der Waals surface area contributed by atoms with Crippen molar-refractivity contribution in [2.24, 2.45) is 4.99 Å². The largest absolute Gasteiger partial charge is 0.393 e. The van der Waals surface area contributed by atoms with Crippen molar-refractivity contribution in [3.8, 4) is 0 Å². The van der Waals surface area contributed by atoms with Crippen LogP contribution in [0.25, 0.3) is 0 Å². The van der Waals surface area contributed by atoms with E-state index in [0.717, 1.165) is 84.1 Å². The monoisotopic (exact) mass is 314 g/mol. The van der Waals surface area contributed by atoms with Crippen molar-refractivity contribution in [2.45, 2.75) is 45.6 Å². The highest BCUT2D eigenvalue weighted by atomic mass is 16.5. The summed E-state index contributed by atoms with van der Waals surface area (Å²) in [6.45, 7) is 11.4. The Morgan fingerprint density at radius 2 is 2.00 bits per heavy atom. The fourth-order valence-corrected chi connectivity index (χ4v) is 2.50. The first-order chi connectivity index (χ1) is 10.8. The first-order valence-electron chi connectivity index (χ1n) is 8.76. The van der Waals surface area contributed by atoms with Gasteiger partial charge < -0.3 is 25.4 Å². The summed E-state index contributed by atoms with van der Waals surface area (Å²) < 4.78 is 5.32. The molecular weight excluding hydrogens is 280 g/mol. The zero-order valence-corrected chi connectivity index (χ0v) is 14.3. The predicted octanol–water partition coefficient (Wildman–Crippen LogP) is 0.815. The molecule has 1 fully saturated rings. The molecular formula is C16H34N4O2. The van der Waals surface area contributed by atoms with Crippen LogP contribution in [0.15, 0.2) is 4.99 Å². The van der Waals surface area contributed by atoms with E-state index in [-0.39, 0.29) is 6.10 Å². The molecule has 0 radical (unpaired) electrons. The molecule has 1 rings (SSSR count). The van der Waals surface area contributed by atoms with Crippen LogP contribution < -0.4 is 10.6 Å². The van der Waals surface area contributed by atoms with E-state index >= 15 is 0 Å². The lowest BCUT2D eigenvalue weighted by Crippen LogP contribution is -2.40. The second-order valence-corrected chi connectivity index (χ2v) is 5.66. The van der Waals surface area contributed by atoms with Crippen LogP contribution in [0.5, 0.6) is 0 Å². The average molecular weight is 314 g/mol. The Labute approximate surface area is 135 Å². The van der Waals surface area contributed by atoms with E-state index in [0.29, 0.717) is 0 Å². The molecule has 0 aliphatic carbocycles. The Bertz CT molecular complexity index is 292. The summed E-state index contributed by atoms with van der Waals surface area (Å²) in [5, 5.41) is 16.1. The molecule has 1 aliphatic heterocycles. The fourth-order valence-electron chi connectivity index (χ4n) is 2.50. The van der Waals surface area contributed by atoms with Crippen LogP contribution in [-0.2, 0) is 4.74 Å². The van der Waals surface area contributed by atoms with E-state index in [2.05, 4.69) is 27.4 Å². The number of hydrogen-bond donors (Lipinski definition) is 3. The van der Waals surface area contributed by atoms with Crippen LogP contribution in [0.2, 0.25) is 0 Å². The van der Waals surface area contributed by atoms with Crippen LogP contribution in [0.1, 0.15) is 39.5 Å². The minimum absolute atomic E-state index is 0.0847. The van der Waals surface area contributed by atoms with E-state index < -0.39 is 0 Å². The van der Waals surface area contributed by atoms with Gasteiger partial charge in [0.05, 0.1) is 6.10 Å². The van der Waals surface area contributed by atoms with Crippen LogP contribution >= 0.6 is 0 Å². The Morgan fingerprint density at radius 1 is 1.23 bits per heavy atom. The summed E-state index contributed by atoms with van der Waals surface area (Å²) in [6.07, 6.45) is 3.80. The molecule has 0 aromatic carbocycles. The van der Waals surface area contributed by atoms with Crippen molar-refractivity contribution in [1.29, 1.82) is 0 Å². The molecule has 0 bridgehead atoms. The van der Waals surface area contributed by atoms with Crippen molar-refractivity contribution in [2.75, 3.05) is 52.5 Å². The third kappa shape index (κ3) is 9.23. The fraction of sp³-hybridized carbons (Fsp3) is 0.938. The number of aliphatic imine (C=N–C) groups is 1. The van der Waals surface area contributed by atoms with Gasteiger partial charge in [-0.3, -0.25) is 4.99 Å². The molecule has 6 heteroatoms. The Hall–Kier alpha value is -0.850. The van der Waals surface area contributed by atoms with Crippen molar-refractivity contribution in [3.63, 3.8) is 0 Å². The number of hydrogen-bond acceptors (Lipinski definition) is 4. The first kappa shape index (κ1) is 19.2. The molecule has 3 N–H and O–H groups in total. The van der Waals surface area contributed by atoms with Gasteiger partial charge >= 0.3 is 0 Å². The molecule has 1 aliphatic rings. The Balaban J connectivity index is 2.11. The summed E-state index contributed by atoms with van der Waals surface area (Å²) in [6, 6.07) is 0. The summed E-state index contributed by atoms with van der Waals surface area (Å²) in [4.78, 5) is 6.98. The van der Waals surface area contributed by atoms with E-state index in [1.165, 1.54) is 0 Å². The second-order valence-electron chi connectivity index (χ2n) is 5.66. The summed E-state index contributed by atoms with van der Waals surface area (Å²) in [7, 11) is 0. The molecule has 0 aromatic rings. The number of aliphatic hydroxyl groups is 1. The van der Waals surface area contributed by atoms with E-state index in [4.69, 9.17) is 4.74 Å². The highest BCUT2D eigenvalue weighted by Gasteiger charge is 2.15. The molecule has 0 unspecified atom stereocenters. The third-order valence-electron chi connectivity index (χ3n) is 3.77. The van der Waals surface area contributed by atoms with Crippen molar-refractivity contribution >= 4 is 5.96 Å². The van der Waals surface area contributed by atoms with Gasteiger partial charge in [-0.2, -0.15) is 0 Å². The smallest absolute Gasteiger partial charge is 0.191 e. The van der Waals surface area contributed by atoms with Gasteiger partial charge in [0.1, 0.15) is 0 Å². The number of aliphatic hydroxyl groups excluding tert-OH is 1. The van der Waals surface area contributed by atoms with Gasteiger partial charge in [0, 0.05) is 45.9 Å². The van der Waals surface area contributed by atoms with Gasteiger partial charge in [-0.25, -0.2) is 0 Å². The standard InChI is InChI=1S/C16H34N4O2/c1-3-17-16(19-10-6-14-22-4-2)18-9-5-11-20-12-7-15(21)8-13-20/h15,21H,3-14H2,1-2H3,(H2,17,18,19). The van der Waals surface area contributed by atoms with E-state index in [1.54, 1.807) is 0 Å². The molecule has 0 amide bonds. The maximum Gasteiger partial charge on any atom is 0.191 e. The lowest BCUT2D eigenvalue weighted by molar-refractivity contribution is 0.0823. The number of piperidine rings is 1. The Kier molecular flexibility index (Phi) is 11.1. The number of guanidine groups is 1. The lowest BCUT2D eigenvalue weighted by Gasteiger charge is -2.29. The maximum absolute atomic E-state index is 9.49. The maximum atomic E-state index is 9.49. The Morgan fingerprint density at radius 3 is 2.68 bits per heavy atom. The highest BCUT2D eigenvalue weighted by molar-refractivity contribution is 5.79. The van der Waals surface area contributed by atoms with E-state index in [9.17, 15) is 5.11 Å². The highest BCUT2D eigenvalue weighted by Crippen LogP contribution is 2.09. The number of nitrogens with zero attached hydrogens (tertiary/aromatic N) is 2. The molecule has 22 heavy (non-hydrogen) atoms. The average Bonchev–Trinajstić information content (AvgIpc) is 2.53. The molecule has 1 heterocycles. The predicted molar refractivity (Wildman–Crippen MR) is 91.4 cm³/mol. The van der Waals surface area contributed by atoms with Gasteiger partial charge in [-0.1, -0.05) is 0 Å².